The molecule has 0 aliphatic carbocycles. The van der Waals surface area contributed by atoms with Crippen LogP contribution in [0.5, 0.6) is 0 Å². The summed E-state index contributed by atoms with van der Waals surface area (Å²) in [5.74, 6) is -0.295. The van der Waals surface area contributed by atoms with Crippen molar-refractivity contribution in [3.8, 4) is 0 Å². The van der Waals surface area contributed by atoms with Crippen LogP contribution >= 0.6 is 11.6 Å². The van der Waals surface area contributed by atoms with E-state index in [0.717, 1.165) is 22.5 Å². The molecule has 0 saturated carbocycles. The maximum absolute atomic E-state index is 11.4. The van der Waals surface area contributed by atoms with Gasteiger partial charge >= 0.3 is 5.97 Å². The monoisotopic (exact) mass is 342 g/mol. The van der Waals surface area contributed by atoms with Gasteiger partial charge in [-0.1, -0.05) is 48.0 Å². The van der Waals surface area contributed by atoms with Crippen LogP contribution in [0.3, 0.4) is 0 Å². The Hall–Kier alpha value is -2.33. The first-order valence-corrected chi connectivity index (χ1v) is 8.21. The van der Waals surface area contributed by atoms with Crippen LogP contribution in [0.1, 0.15) is 18.1 Å². The summed E-state index contributed by atoms with van der Waals surface area (Å²) in [6.45, 7) is 2.42. The van der Waals surface area contributed by atoms with E-state index in [1.54, 1.807) is 0 Å². The number of aliphatic imine (C=N–C) groups is 1. The van der Waals surface area contributed by atoms with Crippen molar-refractivity contribution < 1.29 is 9.53 Å². The van der Waals surface area contributed by atoms with Gasteiger partial charge in [-0.25, -0.2) is 0 Å². The number of carbonyl (C=O) groups excluding carboxylic acids is 1. The molecule has 3 rings (SSSR count). The number of ether oxygens (including phenoxy) is 1. The molecule has 124 valence electrons. The summed E-state index contributed by atoms with van der Waals surface area (Å²) < 4.78 is 5.41. The standard InChI is InChI=1S/C19H19ClN2O2/c1-13(23)24-14-11-21-19(15-7-3-5-9-17(15)20)16-8-4-6-10-18(16)22(2)12-14/h3-10,14H,11-12H2,1-2H3. The highest BCUT2D eigenvalue weighted by atomic mass is 35.5. The highest BCUT2D eigenvalue weighted by Gasteiger charge is 2.23. The first kappa shape index (κ1) is 16.5. The zero-order valence-corrected chi connectivity index (χ0v) is 14.5. The van der Waals surface area contributed by atoms with E-state index in [2.05, 4.69) is 4.90 Å². The minimum Gasteiger partial charge on any atom is -0.459 e. The normalized spacial score (nSPS) is 17.4. The molecule has 0 amide bonds. The summed E-state index contributed by atoms with van der Waals surface area (Å²) in [4.78, 5) is 18.2. The van der Waals surface area contributed by atoms with Crippen LogP contribution in [0, 0.1) is 0 Å². The third-order valence-corrected chi connectivity index (χ3v) is 4.29. The van der Waals surface area contributed by atoms with Crippen molar-refractivity contribution in [3.63, 3.8) is 0 Å². The van der Waals surface area contributed by atoms with Gasteiger partial charge in [-0.05, 0) is 12.1 Å². The Labute approximate surface area is 146 Å². The lowest BCUT2D eigenvalue weighted by Gasteiger charge is -2.29. The molecule has 0 bridgehead atoms. The first-order valence-electron chi connectivity index (χ1n) is 7.83. The highest BCUT2D eigenvalue weighted by Crippen LogP contribution is 2.28. The third kappa shape index (κ3) is 3.44. The number of hydrogen-bond acceptors (Lipinski definition) is 4. The maximum atomic E-state index is 11.4. The molecule has 1 aliphatic rings. The van der Waals surface area contributed by atoms with E-state index in [1.165, 1.54) is 6.92 Å². The van der Waals surface area contributed by atoms with E-state index in [-0.39, 0.29) is 12.1 Å². The SMILES string of the molecule is CC(=O)OC1CN=C(c2ccccc2Cl)c2ccccc2N(C)C1. The first-order chi connectivity index (χ1) is 11.6. The average molecular weight is 343 g/mol. The van der Waals surface area contributed by atoms with Crippen molar-refractivity contribution in [3.05, 3.63) is 64.7 Å². The number of nitrogens with zero attached hydrogens (tertiary/aromatic N) is 2. The van der Waals surface area contributed by atoms with E-state index in [1.807, 2.05) is 55.6 Å². The number of rotatable bonds is 2. The zero-order chi connectivity index (χ0) is 17.1. The molecule has 2 aromatic rings. The molecule has 1 unspecified atom stereocenters. The van der Waals surface area contributed by atoms with Gasteiger partial charge in [-0.15, -0.1) is 0 Å². The highest BCUT2D eigenvalue weighted by molar-refractivity contribution is 6.35. The number of fused-ring (bicyclic) bond motifs is 1. The molecule has 0 spiro atoms. The predicted octanol–water partition coefficient (Wildman–Crippen LogP) is 3.56. The van der Waals surface area contributed by atoms with Gasteiger partial charge in [0.25, 0.3) is 0 Å². The number of anilines is 1. The number of hydrogen-bond donors (Lipinski definition) is 0. The van der Waals surface area contributed by atoms with E-state index in [0.29, 0.717) is 18.1 Å². The molecule has 4 nitrogen and oxygen atoms in total. The second-order valence-corrected chi connectivity index (χ2v) is 6.21. The van der Waals surface area contributed by atoms with Gasteiger partial charge < -0.3 is 9.64 Å². The number of halogens is 1. The van der Waals surface area contributed by atoms with Crippen LogP contribution in [0.4, 0.5) is 5.69 Å². The number of esters is 1. The van der Waals surface area contributed by atoms with E-state index in [4.69, 9.17) is 21.3 Å². The predicted molar refractivity (Wildman–Crippen MR) is 97.2 cm³/mol. The van der Waals surface area contributed by atoms with Gasteiger partial charge in [-0.2, -0.15) is 0 Å². The Morgan fingerprint density at radius 1 is 1.17 bits per heavy atom. The van der Waals surface area contributed by atoms with Crippen molar-refractivity contribution in [2.75, 3.05) is 25.0 Å². The summed E-state index contributed by atoms with van der Waals surface area (Å²) in [7, 11) is 1.99. The van der Waals surface area contributed by atoms with Gasteiger partial charge in [0.05, 0.1) is 18.8 Å². The fourth-order valence-corrected chi connectivity index (χ4v) is 3.16. The summed E-state index contributed by atoms with van der Waals surface area (Å²) in [6.07, 6.45) is -0.293. The number of para-hydroxylation sites is 1. The van der Waals surface area contributed by atoms with E-state index < -0.39 is 0 Å². The largest absolute Gasteiger partial charge is 0.459 e. The van der Waals surface area contributed by atoms with Gasteiger partial charge in [0.1, 0.15) is 6.10 Å². The molecule has 2 aromatic carbocycles. The molecule has 0 fully saturated rings. The second kappa shape index (κ2) is 7.05. The Bertz CT molecular complexity index is 788. The number of benzene rings is 2. The summed E-state index contributed by atoms with van der Waals surface area (Å²) in [5, 5.41) is 0.651. The van der Waals surface area contributed by atoms with Crippen molar-refractivity contribution in [1.29, 1.82) is 0 Å². The van der Waals surface area contributed by atoms with Crippen LogP contribution in [0.15, 0.2) is 53.5 Å². The van der Waals surface area contributed by atoms with Gasteiger partial charge in [0, 0.05) is 35.8 Å². The van der Waals surface area contributed by atoms with Crippen molar-refractivity contribution in [2.45, 2.75) is 13.0 Å². The topological polar surface area (TPSA) is 41.9 Å². The maximum Gasteiger partial charge on any atom is 0.303 e. The minimum atomic E-state index is -0.295. The molecular weight excluding hydrogens is 324 g/mol. The van der Waals surface area contributed by atoms with Gasteiger partial charge in [0.15, 0.2) is 0 Å². The van der Waals surface area contributed by atoms with Crippen LogP contribution in [0.2, 0.25) is 5.02 Å². The lowest BCUT2D eigenvalue weighted by atomic mass is 9.98. The molecule has 0 radical (unpaired) electrons. The van der Waals surface area contributed by atoms with Crippen molar-refractivity contribution in [2.24, 2.45) is 4.99 Å². The summed E-state index contributed by atoms with van der Waals surface area (Å²) >= 11 is 6.40. The number of likely N-dealkylation sites (N-methyl/N-ethyl adjacent to an activating group) is 1. The average Bonchev–Trinajstić information content (AvgIpc) is 2.55. The van der Waals surface area contributed by atoms with Crippen LogP contribution < -0.4 is 4.90 Å². The zero-order valence-electron chi connectivity index (χ0n) is 13.7. The molecular formula is C19H19ClN2O2. The molecule has 1 heterocycles. The van der Waals surface area contributed by atoms with Crippen LogP contribution in [-0.2, 0) is 9.53 Å². The molecule has 0 N–H and O–H groups in total. The Balaban J connectivity index is 2.11. The lowest BCUT2D eigenvalue weighted by molar-refractivity contribution is -0.145. The third-order valence-electron chi connectivity index (χ3n) is 3.96. The minimum absolute atomic E-state index is 0.293. The van der Waals surface area contributed by atoms with Crippen LogP contribution in [0.25, 0.3) is 0 Å². The Morgan fingerprint density at radius 3 is 2.54 bits per heavy atom. The molecule has 5 heteroatoms. The van der Waals surface area contributed by atoms with Crippen molar-refractivity contribution in [1.82, 2.24) is 0 Å². The second-order valence-electron chi connectivity index (χ2n) is 5.80. The summed E-state index contributed by atoms with van der Waals surface area (Å²) in [5.41, 5.74) is 3.76. The fourth-order valence-electron chi connectivity index (χ4n) is 2.94. The Kier molecular flexibility index (Phi) is 4.86. The fraction of sp³-hybridized carbons (Fsp3) is 0.263. The smallest absolute Gasteiger partial charge is 0.303 e. The number of carbonyl (C=O) groups is 1. The summed E-state index contributed by atoms with van der Waals surface area (Å²) in [6, 6.07) is 15.7. The molecule has 0 aromatic heterocycles. The molecule has 0 saturated heterocycles. The Morgan fingerprint density at radius 2 is 1.83 bits per heavy atom. The quantitative estimate of drug-likeness (QED) is 0.784. The lowest BCUT2D eigenvalue weighted by Crippen LogP contribution is -2.37. The molecule has 1 atom stereocenters. The van der Waals surface area contributed by atoms with E-state index in [9.17, 15) is 4.79 Å². The van der Waals surface area contributed by atoms with Gasteiger partial charge in [-0.3, -0.25) is 9.79 Å². The van der Waals surface area contributed by atoms with Crippen LogP contribution in [-0.4, -0.2) is 37.9 Å². The van der Waals surface area contributed by atoms with E-state index >= 15 is 0 Å². The molecule has 1 aliphatic heterocycles. The van der Waals surface area contributed by atoms with Gasteiger partial charge in [0.2, 0.25) is 0 Å². The van der Waals surface area contributed by atoms with Crippen molar-refractivity contribution >= 4 is 29.0 Å². The molecule has 24 heavy (non-hydrogen) atoms.